The highest BCUT2D eigenvalue weighted by molar-refractivity contribution is 5.96. The molecule has 16 heavy (non-hydrogen) atoms. The van der Waals surface area contributed by atoms with E-state index in [1.54, 1.807) is 12.5 Å². The summed E-state index contributed by atoms with van der Waals surface area (Å²) in [5.74, 6) is 1.82. The number of rotatable bonds is 2. The number of carbonyl (C=O) groups is 1. The number of aryl methyl sites for hydroxylation is 1. The highest BCUT2D eigenvalue weighted by Crippen LogP contribution is 2.34. The fraction of sp³-hybridized carbons (Fsp3) is 0.692. The summed E-state index contributed by atoms with van der Waals surface area (Å²) in [4.78, 5) is 16.3. The summed E-state index contributed by atoms with van der Waals surface area (Å²) < 4.78 is 1.83. The largest absolute Gasteiger partial charge is 0.331 e. The lowest BCUT2D eigenvalue weighted by molar-refractivity contribution is 0.0827. The molecule has 2 unspecified atom stereocenters. The van der Waals surface area contributed by atoms with Gasteiger partial charge in [0.25, 0.3) is 0 Å². The maximum absolute atomic E-state index is 12.3. The van der Waals surface area contributed by atoms with Crippen molar-refractivity contribution in [1.29, 1.82) is 0 Å². The van der Waals surface area contributed by atoms with E-state index in [1.165, 1.54) is 6.42 Å². The third-order valence-electron chi connectivity index (χ3n) is 3.62. The quantitative estimate of drug-likeness (QED) is 0.718. The fourth-order valence-electron chi connectivity index (χ4n) is 2.96. The second-order valence-corrected chi connectivity index (χ2v) is 5.37. The van der Waals surface area contributed by atoms with Crippen LogP contribution in [0.5, 0.6) is 0 Å². The van der Waals surface area contributed by atoms with Gasteiger partial charge in [0.15, 0.2) is 5.78 Å². The Morgan fingerprint density at radius 1 is 1.31 bits per heavy atom. The van der Waals surface area contributed by atoms with Gasteiger partial charge in [-0.05, 0) is 31.1 Å². The van der Waals surface area contributed by atoms with E-state index in [0.29, 0.717) is 11.8 Å². The molecular formula is C13H20N2O. The minimum Gasteiger partial charge on any atom is -0.331 e. The topological polar surface area (TPSA) is 34.9 Å². The normalized spacial score (nSPS) is 30.3. The molecule has 3 nitrogen and oxygen atoms in total. The molecule has 1 saturated carbocycles. The number of carbonyl (C=O) groups excluding carboxylic acids is 1. The molecule has 1 aromatic heterocycles. The van der Waals surface area contributed by atoms with E-state index in [4.69, 9.17) is 0 Å². The second kappa shape index (κ2) is 4.40. The van der Waals surface area contributed by atoms with Gasteiger partial charge >= 0.3 is 0 Å². The Hall–Kier alpha value is -1.12. The first kappa shape index (κ1) is 11.4. The molecule has 88 valence electrons. The zero-order chi connectivity index (χ0) is 11.7. The van der Waals surface area contributed by atoms with Crippen molar-refractivity contribution in [1.82, 2.24) is 9.55 Å². The summed E-state index contributed by atoms with van der Waals surface area (Å²) in [5.41, 5.74) is 0.756. The molecule has 1 aromatic rings. The zero-order valence-corrected chi connectivity index (χ0v) is 10.3. The molecule has 1 aliphatic carbocycles. The van der Waals surface area contributed by atoms with E-state index in [0.717, 1.165) is 18.5 Å². The van der Waals surface area contributed by atoms with Crippen molar-refractivity contribution in [2.45, 2.75) is 33.1 Å². The summed E-state index contributed by atoms with van der Waals surface area (Å²) in [6, 6.07) is 0. The lowest BCUT2D eigenvalue weighted by Crippen LogP contribution is -2.27. The molecule has 3 heteroatoms. The first-order chi connectivity index (χ1) is 7.58. The lowest BCUT2D eigenvalue weighted by Gasteiger charge is -2.30. The van der Waals surface area contributed by atoms with Gasteiger partial charge in [0, 0.05) is 13.0 Å². The average Bonchev–Trinajstić information content (AvgIpc) is 2.62. The standard InChI is InChI=1S/C13H20N2O/c1-9-4-10(2)6-11(5-9)13(16)12-7-14-8-15(12)3/h7-11H,4-6H2,1-3H3. The van der Waals surface area contributed by atoms with Gasteiger partial charge < -0.3 is 4.57 Å². The highest BCUT2D eigenvalue weighted by atomic mass is 16.1. The van der Waals surface area contributed by atoms with Gasteiger partial charge in [0.05, 0.1) is 12.5 Å². The monoisotopic (exact) mass is 220 g/mol. The predicted molar refractivity (Wildman–Crippen MR) is 63.2 cm³/mol. The van der Waals surface area contributed by atoms with Crippen molar-refractivity contribution < 1.29 is 4.79 Å². The van der Waals surface area contributed by atoms with Crippen LogP contribution in [0.3, 0.4) is 0 Å². The van der Waals surface area contributed by atoms with Gasteiger partial charge in [0.1, 0.15) is 5.69 Å². The van der Waals surface area contributed by atoms with Crippen molar-refractivity contribution in [3.05, 3.63) is 18.2 Å². The van der Waals surface area contributed by atoms with Crippen molar-refractivity contribution in [2.24, 2.45) is 24.8 Å². The molecule has 0 aliphatic heterocycles. The molecule has 1 heterocycles. The first-order valence-electron chi connectivity index (χ1n) is 6.08. The number of nitrogens with zero attached hydrogens (tertiary/aromatic N) is 2. The van der Waals surface area contributed by atoms with Crippen molar-refractivity contribution in [3.63, 3.8) is 0 Å². The van der Waals surface area contributed by atoms with Crippen molar-refractivity contribution in [2.75, 3.05) is 0 Å². The summed E-state index contributed by atoms with van der Waals surface area (Å²) in [6.45, 7) is 4.50. The van der Waals surface area contributed by atoms with E-state index >= 15 is 0 Å². The number of imidazole rings is 1. The number of ketones is 1. The molecule has 2 rings (SSSR count). The Kier molecular flexibility index (Phi) is 3.13. The Morgan fingerprint density at radius 3 is 2.44 bits per heavy atom. The van der Waals surface area contributed by atoms with Crippen LogP contribution in [0.25, 0.3) is 0 Å². The van der Waals surface area contributed by atoms with Crippen molar-refractivity contribution in [3.8, 4) is 0 Å². The Labute approximate surface area is 96.9 Å². The van der Waals surface area contributed by atoms with Crippen LogP contribution < -0.4 is 0 Å². The first-order valence-corrected chi connectivity index (χ1v) is 6.08. The molecule has 0 saturated heterocycles. The molecular weight excluding hydrogens is 200 g/mol. The molecule has 0 radical (unpaired) electrons. The van der Waals surface area contributed by atoms with Crippen LogP contribution in [-0.2, 0) is 7.05 Å². The number of hydrogen-bond acceptors (Lipinski definition) is 2. The molecule has 0 N–H and O–H groups in total. The molecule has 0 spiro atoms. The minimum atomic E-state index is 0.203. The van der Waals surface area contributed by atoms with Crippen LogP contribution >= 0.6 is 0 Å². The van der Waals surface area contributed by atoms with Gasteiger partial charge in [-0.15, -0.1) is 0 Å². The van der Waals surface area contributed by atoms with Crippen LogP contribution in [0, 0.1) is 17.8 Å². The zero-order valence-electron chi connectivity index (χ0n) is 10.3. The number of aromatic nitrogens is 2. The maximum atomic E-state index is 12.3. The van der Waals surface area contributed by atoms with Crippen LogP contribution in [-0.4, -0.2) is 15.3 Å². The Balaban J connectivity index is 2.13. The van der Waals surface area contributed by atoms with Crippen LogP contribution in [0.1, 0.15) is 43.6 Å². The second-order valence-electron chi connectivity index (χ2n) is 5.37. The number of Topliss-reactive ketones (excluding diaryl/α,β-unsaturated/α-hetero) is 1. The van der Waals surface area contributed by atoms with Crippen molar-refractivity contribution >= 4 is 5.78 Å². The SMILES string of the molecule is CC1CC(C)CC(C(=O)c2cncn2C)C1. The maximum Gasteiger partial charge on any atom is 0.183 e. The molecule has 0 bridgehead atoms. The van der Waals surface area contributed by atoms with Crippen LogP contribution in [0.4, 0.5) is 0 Å². The minimum absolute atomic E-state index is 0.203. The van der Waals surface area contributed by atoms with Gasteiger partial charge in [-0.1, -0.05) is 13.8 Å². The third kappa shape index (κ3) is 2.18. The highest BCUT2D eigenvalue weighted by Gasteiger charge is 2.30. The molecule has 0 aromatic carbocycles. The average molecular weight is 220 g/mol. The molecule has 2 atom stereocenters. The molecule has 1 fully saturated rings. The predicted octanol–water partition coefficient (Wildman–Crippen LogP) is 2.68. The molecule has 1 aliphatic rings. The number of hydrogen-bond donors (Lipinski definition) is 0. The van der Waals surface area contributed by atoms with Crippen LogP contribution in [0.15, 0.2) is 12.5 Å². The Bertz CT molecular complexity index is 373. The summed E-state index contributed by atoms with van der Waals surface area (Å²) in [6.07, 6.45) is 6.72. The summed E-state index contributed by atoms with van der Waals surface area (Å²) in [7, 11) is 1.88. The Morgan fingerprint density at radius 2 is 1.94 bits per heavy atom. The summed E-state index contributed by atoms with van der Waals surface area (Å²) in [5, 5.41) is 0. The van der Waals surface area contributed by atoms with E-state index in [2.05, 4.69) is 18.8 Å². The van der Waals surface area contributed by atoms with E-state index < -0.39 is 0 Å². The van der Waals surface area contributed by atoms with E-state index in [-0.39, 0.29) is 11.7 Å². The third-order valence-corrected chi connectivity index (χ3v) is 3.62. The van der Waals surface area contributed by atoms with Gasteiger partial charge in [-0.25, -0.2) is 4.98 Å². The fourth-order valence-corrected chi connectivity index (χ4v) is 2.96. The smallest absolute Gasteiger partial charge is 0.183 e. The summed E-state index contributed by atoms with van der Waals surface area (Å²) >= 11 is 0. The lowest BCUT2D eigenvalue weighted by atomic mass is 9.74. The van der Waals surface area contributed by atoms with E-state index in [1.807, 2.05) is 11.6 Å². The molecule has 0 amide bonds. The van der Waals surface area contributed by atoms with Gasteiger partial charge in [-0.2, -0.15) is 0 Å². The van der Waals surface area contributed by atoms with Gasteiger partial charge in [0.2, 0.25) is 0 Å². The van der Waals surface area contributed by atoms with Crippen LogP contribution in [0.2, 0.25) is 0 Å². The van der Waals surface area contributed by atoms with E-state index in [9.17, 15) is 4.79 Å². The van der Waals surface area contributed by atoms with Gasteiger partial charge in [-0.3, -0.25) is 4.79 Å².